The van der Waals surface area contributed by atoms with Crippen molar-refractivity contribution < 1.29 is 9.59 Å². The summed E-state index contributed by atoms with van der Waals surface area (Å²) in [5, 5.41) is 10.2. The Morgan fingerprint density at radius 2 is 2.18 bits per heavy atom. The summed E-state index contributed by atoms with van der Waals surface area (Å²) < 4.78 is 1.59. The Labute approximate surface area is 132 Å². The Kier molecular flexibility index (Phi) is 4.11. The molecule has 0 spiro atoms. The maximum Gasteiger partial charge on any atom is 0.248 e. The smallest absolute Gasteiger partial charge is 0.248 e. The Hall–Kier alpha value is -2.34. The zero-order valence-electron chi connectivity index (χ0n) is 11.8. The molecule has 2 amide bonds. The first-order chi connectivity index (χ1) is 10.6. The molecule has 6 nitrogen and oxygen atoms in total. The number of nitrogens with zero attached hydrogens (tertiary/aromatic N) is 2. The standard InChI is InChI=1S/C15H15ClN4O2/c16-10-4-1-2-6-12(10)20-9-8-13(19-20)18-15(22)11-5-3-7-14(21)17-11/h1-2,4,6,8-9,11H,3,5,7H2,(H,17,21)(H,18,19,22)/t11-/m1/s1. The Bertz CT molecular complexity index is 713. The van der Waals surface area contributed by atoms with Crippen LogP contribution in [0.15, 0.2) is 36.5 Å². The summed E-state index contributed by atoms with van der Waals surface area (Å²) in [5.41, 5.74) is 0.732. The quantitative estimate of drug-likeness (QED) is 0.910. The lowest BCUT2D eigenvalue weighted by Crippen LogP contribution is -2.46. The van der Waals surface area contributed by atoms with Gasteiger partial charge in [0.25, 0.3) is 0 Å². The number of rotatable bonds is 3. The first-order valence-electron chi connectivity index (χ1n) is 7.04. The predicted molar refractivity (Wildman–Crippen MR) is 83.0 cm³/mol. The zero-order valence-corrected chi connectivity index (χ0v) is 12.5. The number of anilines is 1. The third-order valence-corrected chi connectivity index (χ3v) is 3.81. The molecule has 22 heavy (non-hydrogen) atoms. The number of amides is 2. The van der Waals surface area contributed by atoms with Gasteiger partial charge in [-0.15, -0.1) is 0 Å². The van der Waals surface area contributed by atoms with Crippen LogP contribution in [0.5, 0.6) is 0 Å². The van der Waals surface area contributed by atoms with E-state index in [0.717, 1.165) is 12.1 Å². The molecule has 2 aromatic rings. The highest BCUT2D eigenvalue weighted by Gasteiger charge is 2.25. The summed E-state index contributed by atoms with van der Waals surface area (Å²) in [5.74, 6) is 0.0789. The second kappa shape index (κ2) is 6.19. The van der Waals surface area contributed by atoms with E-state index in [9.17, 15) is 9.59 Å². The molecule has 1 aromatic carbocycles. The van der Waals surface area contributed by atoms with Crippen molar-refractivity contribution in [3.8, 4) is 5.69 Å². The average Bonchev–Trinajstić information content (AvgIpc) is 2.96. The lowest BCUT2D eigenvalue weighted by atomic mass is 10.0. The maximum atomic E-state index is 12.1. The van der Waals surface area contributed by atoms with Gasteiger partial charge in [0.05, 0.1) is 10.7 Å². The van der Waals surface area contributed by atoms with Gasteiger partial charge in [0, 0.05) is 18.7 Å². The molecule has 7 heteroatoms. The molecule has 1 atom stereocenters. The minimum absolute atomic E-state index is 0.0898. The third-order valence-electron chi connectivity index (χ3n) is 3.49. The van der Waals surface area contributed by atoms with Crippen LogP contribution in [0.25, 0.3) is 5.69 Å². The molecule has 1 aliphatic rings. The summed E-state index contributed by atoms with van der Waals surface area (Å²) in [6.07, 6.45) is 3.56. The van der Waals surface area contributed by atoms with Gasteiger partial charge >= 0.3 is 0 Å². The van der Waals surface area contributed by atoms with Crippen molar-refractivity contribution >= 4 is 29.2 Å². The van der Waals surface area contributed by atoms with E-state index >= 15 is 0 Å². The van der Waals surface area contributed by atoms with Gasteiger partial charge in [-0.2, -0.15) is 5.10 Å². The molecule has 0 bridgehead atoms. The van der Waals surface area contributed by atoms with Gasteiger partial charge < -0.3 is 10.6 Å². The Morgan fingerprint density at radius 3 is 2.95 bits per heavy atom. The minimum Gasteiger partial charge on any atom is -0.344 e. The van der Waals surface area contributed by atoms with E-state index in [-0.39, 0.29) is 11.8 Å². The number of benzene rings is 1. The van der Waals surface area contributed by atoms with Gasteiger partial charge in [0.2, 0.25) is 11.8 Å². The molecule has 1 aliphatic heterocycles. The number of nitrogens with one attached hydrogen (secondary N) is 2. The normalized spacial score (nSPS) is 17.9. The van der Waals surface area contributed by atoms with E-state index in [1.54, 1.807) is 23.0 Å². The molecule has 2 heterocycles. The van der Waals surface area contributed by atoms with Gasteiger partial charge in [-0.25, -0.2) is 4.68 Å². The molecular formula is C15H15ClN4O2. The number of hydrogen-bond acceptors (Lipinski definition) is 3. The number of aromatic nitrogens is 2. The van der Waals surface area contributed by atoms with E-state index in [1.807, 2.05) is 18.2 Å². The van der Waals surface area contributed by atoms with Crippen LogP contribution in [-0.2, 0) is 9.59 Å². The summed E-state index contributed by atoms with van der Waals surface area (Å²) >= 11 is 6.12. The van der Waals surface area contributed by atoms with Crippen LogP contribution < -0.4 is 10.6 Å². The van der Waals surface area contributed by atoms with Crippen LogP contribution in [0.1, 0.15) is 19.3 Å². The molecule has 2 N–H and O–H groups in total. The highest BCUT2D eigenvalue weighted by molar-refractivity contribution is 6.32. The third kappa shape index (κ3) is 3.12. The predicted octanol–water partition coefficient (Wildman–Crippen LogP) is 2.13. The molecule has 0 unspecified atom stereocenters. The van der Waals surface area contributed by atoms with Gasteiger partial charge in [-0.3, -0.25) is 9.59 Å². The fraction of sp³-hybridized carbons (Fsp3) is 0.267. The minimum atomic E-state index is -0.494. The molecule has 3 rings (SSSR count). The summed E-state index contributed by atoms with van der Waals surface area (Å²) in [7, 11) is 0. The maximum absolute atomic E-state index is 12.1. The first-order valence-corrected chi connectivity index (χ1v) is 7.42. The fourth-order valence-corrected chi connectivity index (χ4v) is 2.60. The van der Waals surface area contributed by atoms with Crippen LogP contribution in [0, 0.1) is 0 Å². The number of carbonyl (C=O) groups is 2. The van der Waals surface area contributed by atoms with Crippen molar-refractivity contribution in [3.05, 3.63) is 41.6 Å². The lowest BCUT2D eigenvalue weighted by Gasteiger charge is -2.21. The fourth-order valence-electron chi connectivity index (χ4n) is 2.38. The molecular weight excluding hydrogens is 304 g/mol. The van der Waals surface area contributed by atoms with Crippen molar-refractivity contribution in [1.29, 1.82) is 0 Å². The molecule has 0 aliphatic carbocycles. The number of para-hydroxylation sites is 1. The van der Waals surface area contributed by atoms with E-state index in [1.165, 1.54) is 0 Å². The SMILES string of the molecule is O=C1CCC[C@H](C(=O)Nc2ccn(-c3ccccc3Cl)n2)N1. The van der Waals surface area contributed by atoms with Gasteiger partial charge in [-0.1, -0.05) is 23.7 Å². The monoisotopic (exact) mass is 318 g/mol. The van der Waals surface area contributed by atoms with E-state index in [2.05, 4.69) is 15.7 Å². The summed E-state index contributed by atoms with van der Waals surface area (Å²) in [6, 6.07) is 8.50. The largest absolute Gasteiger partial charge is 0.344 e. The highest BCUT2D eigenvalue weighted by Crippen LogP contribution is 2.20. The van der Waals surface area contributed by atoms with Crippen molar-refractivity contribution in [2.75, 3.05) is 5.32 Å². The van der Waals surface area contributed by atoms with Gasteiger partial charge in [-0.05, 0) is 25.0 Å². The van der Waals surface area contributed by atoms with Gasteiger partial charge in [0.1, 0.15) is 6.04 Å². The van der Waals surface area contributed by atoms with Crippen LogP contribution in [0.3, 0.4) is 0 Å². The van der Waals surface area contributed by atoms with Gasteiger partial charge in [0.15, 0.2) is 5.82 Å². The lowest BCUT2D eigenvalue weighted by molar-refractivity contribution is -0.128. The number of halogens is 1. The topological polar surface area (TPSA) is 76.0 Å². The molecule has 1 fully saturated rings. The van der Waals surface area contributed by atoms with E-state index in [4.69, 9.17) is 11.6 Å². The van der Waals surface area contributed by atoms with Crippen LogP contribution in [0.2, 0.25) is 5.02 Å². The molecule has 0 radical (unpaired) electrons. The van der Waals surface area contributed by atoms with Crippen LogP contribution in [-0.4, -0.2) is 27.6 Å². The van der Waals surface area contributed by atoms with Crippen LogP contribution >= 0.6 is 11.6 Å². The number of carbonyl (C=O) groups excluding carboxylic acids is 2. The summed E-state index contributed by atoms with van der Waals surface area (Å²) in [6.45, 7) is 0. The Balaban J connectivity index is 1.70. The number of piperidine rings is 1. The van der Waals surface area contributed by atoms with Crippen molar-refractivity contribution in [1.82, 2.24) is 15.1 Å². The van der Waals surface area contributed by atoms with Crippen molar-refractivity contribution in [3.63, 3.8) is 0 Å². The highest BCUT2D eigenvalue weighted by atomic mass is 35.5. The van der Waals surface area contributed by atoms with E-state index < -0.39 is 6.04 Å². The zero-order chi connectivity index (χ0) is 15.5. The molecule has 1 aromatic heterocycles. The van der Waals surface area contributed by atoms with E-state index in [0.29, 0.717) is 23.7 Å². The van der Waals surface area contributed by atoms with Crippen molar-refractivity contribution in [2.24, 2.45) is 0 Å². The molecule has 0 saturated carbocycles. The Morgan fingerprint density at radius 1 is 1.36 bits per heavy atom. The summed E-state index contributed by atoms with van der Waals surface area (Å²) in [4.78, 5) is 23.5. The van der Waals surface area contributed by atoms with Crippen LogP contribution in [0.4, 0.5) is 5.82 Å². The second-order valence-electron chi connectivity index (χ2n) is 5.10. The average molecular weight is 319 g/mol. The van der Waals surface area contributed by atoms with Crippen molar-refractivity contribution in [2.45, 2.75) is 25.3 Å². The second-order valence-corrected chi connectivity index (χ2v) is 5.51. The molecule has 1 saturated heterocycles. The number of hydrogen-bond donors (Lipinski definition) is 2. The first kappa shape index (κ1) is 14.6. The molecule has 114 valence electrons.